The van der Waals surface area contributed by atoms with Crippen LogP contribution in [0.4, 0.5) is 0 Å². The highest BCUT2D eigenvalue weighted by molar-refractivity contribution is 9.10. The van der Waals surface area contributed by atoms with E-state index >= 15 is 0 Å². The molecule has 0 radical (unpaired) electrons. The molecule has 4 nitrogen and oxygen atoms in total. The number of rotatable bonds is 2. The van der Waals surface area contributed by atoms with Crippen molar-refractivity contribution in [1.29, 1.82) is 0 Å². The predicted molar refractivity (Wildman–Crippen MR) is 67.8 cm³/mol. The molecule has 0 unspecified atom stereocenters. The summed E-state index contributed by atoms with van der Waals surface area (Å²) in [5, 5.41) is 9.01. The number of halogens is 1. The Balaban J connectivity index is 2.00. The maximum atomic E-state index is 5.38. The van der Waals surface area contributed by atoms with Crippen molar-refractivity contribution in [2.75, 3.05) is 0 Å². The molecule has 0 amide bonds. The molecule has 0 fully saturated rings. The summed E-state index contributed by atoms with van der Waals surface area (Å²) in [5.74, 6) is 1.22. The molecule has 0 N–H and O–H groups in total. The molecule has 5 heteroatoms. The second-order valence-corrected chi connectivity index (χ2v) is 4.78. The molecular weight excluding hydrogens is 282 g/mol. The van der Waals surface area contributed by atoms with Crippen LogP contribution in [-0.2, 0) is 6.54 Å². The van der Waals surface area contributed by atoms with Crippen molar-refractivity contribution in [2.45, 2.75) is 13.5 Å². The van der Waals surface area contributed by atoms with E-state index in [0.717, 1.165) is 9.99 Å². The third-order valence-electron chi connectivity index (χ3n) is 2.61. The van der Waals surface area contributed by atoms with Gasteiger partial charge in [-0.2, -0.15) is 0 Å². The van der Waals surface area contributed by atoms with Crippen molar-refractivity contribution in [3.05, 3.63) is 46.7 Å². The third kappa shape index (κ3) is 1.98. The Bertz CT molecular complexity index is 671. The standard InChI is InChI=1S/C12H10BrN3O/c1-8-14-15-12(17-8)7-16-5-4-9-6-10(13)2-3-11(9)16/h2-6H,7H2,1H3. The Morgan fingerprint density at radius 3 is 2.94 bits per heavy atom. The van der Waals surface area contributed by atoms with Crippen LogP contribution in [0.25, 0.3) is 10.9 Å². The normalized spacial score (nSPS) is 11.2. The van der Waals surface area contributed by atoms with E-state index in [4.69, 9.17) is 4.42 Å². The largest absolute Gasteiger partial charge is 0.424 e. The zero-order chi connectivity index (χ0) is 11.8. The fraction of sp³-hybridized carbons (Fsp3) is 0.167. The van der Waals surface area contributed by atoms with Crippen LogP contribution >= 0.6 is 15.9 Å². The Morgan fingerprint density at radius 1 is 1.29 bits per heavy atom. The van der Waals surface area contributed by atoms with Gasteiger partial charge in [-0.25, -0.2) is 0 Å². The number of fused-ring (bicyclic) bond motifs is 1. The smallest absolute Gasteiger partial charge is 0.236 e. The first kappa shape index (κ1) is 10.5. The quantitative estimate of drug-likeness (QED) is 0.728. The van der Waals surface area contributed by atoms with Crippen LogP contribution in [0.5, 0.6) is 0 Å². The highest BCUT2D eigenvalue weighted by Gasteiger charge is 2.06. The summed E-state index contributed by atoms with van der Waals surface area (Å²) in [6, 6.07) is 8.26. The number of hydrogen-bond acceptors (Lipinski definition) is 3. The molecule has 0 bridgehead atoms. The van der Waals surface area contributed by atoms with E-state index in [1.807, 2.05) is 12.3 Å². The minimum Gasteiger partial charge on any atom is -0.424 e. The summed E-state index contributed by atoms with van der Waals surface area (Å²) >= 11 is 3.46. The van der Waals surface area contributed by atoms with Gasteiger partial charge in [0.1, 0.15) is 6.54 Å². The van der Waals surface area contributed by atoms with Gasteiger partial charge in [0.2, 0.25) is 11.8 Å². The molecular formula is C12H10BrN3O. The van der Waals surface area contributed by atoms with Crippen molar-refractivity contribution >= 4 is 26.8 Å². The first-order chi connectivity index (χ1) is 8.22. The Kier molecular flexibility index (Phi) is 2.48. The maximum absolute atomic E-state index is 5.38. The molecule has 0 atom stereocenters. The highest BCUT2D eigenvalue weighted by Crippen LogP contribution is 2.21. The molecule has 1 aromatic carbocycles. The maximum Gasteiger partial charge on any atom is 0.236 e. The summed E-state index contributed by atoms with van der Waals surface area (Å²) in [6.45, 7) is 2.40. The van der Waals surface area contributed by atoms with E-state index in [1.54, 1.807) is 6.92 Å². The molecule has 0 saturated carbocycles. The molecule has 0 aliphatic heterocycles. The summed E-state index contributed by atoms with van der Waals surface area (Å²) in [5.41, 5.74) is 1.16. The van der Waals surface area contributed by atoms with Crippen molar-refractivity contribution < 1.29 is 4.42 Å². The fourth-order valence-electron chi connectivity index (χ4n) is 1.86. The second-order valence-electron chi connectivity index (χ2n) is 3.86. The van der Waals surface area contributed by atoms with Gasteiger partial charge in [-0.3, -0.25) is 0 Å². The lowest BCUT2D eigenvalue weighted by molar-refractivity contribution is 0.457. The van der Waals surface area contributed by atoms with E-state index in [2.05, 4.69) is 48.9 Å². The van der Waals surface area contributed by atoms with Crippen molar-refractivity contribution in [2.24, 2.45) is 0 Å². The third-order valence-corrected chi connectivity index (χ3v) is 3.10. The Labute approximate surface area is 106 Å². The zero-order valence-electron chi connectivity index (χ0n) is 9.22. The first-order valence-corrected chi connectivity index (χ1v) is 6.05. The molecule has 2 heterocycles. The lowest BCUT2D eigenvalue weighted by Gasteiger charge is -2.01. The molecule has 0 aliphatic rings. The molecule has 17 heavy (non-hydrogen) atoms. The molecule has 0 aliphatic carbocycles. The summed E-state index contributed by atoms with van der Waals surface area (Å²) in [4.78, 5) is 0. The van der Waals surface area contributed by atoms with Crippen LogP contribution in [0, 0.1) is 6.92 Å². The van der Waals surface area contributed by atoms with Crippen LogP contribution in [0.15, 0.2) is 39.4 Å². The molecule has 86 valence electrons. The SMILES string of the molecule is Cc1nnc(Cn2ccc3cc(Br)ccc32)o1. The van der Waals surface area contributed by atoms with Crippen LogP contribution in [0.1, 0.15) is 11.8 Å². The minimum absolute atomic E-state index is 0.596. The van der Waals surface area contributed by atoms with Crippen LogP contribution < -0.4 is 0 Å². The molecule has 2 aromatic heterocycles. The van der Waals surface area contributed by atoms with Gasteiger partial charge in [-0.1, -0.05) is 15.9 Å². The van der Waals surface area contributed by atoms with E-state index in [-0.39, 0.29) is 0 Å². The number of aryl methyl sites for hydroxylation is 1. The van der Waals surface area contributed by atoms with Gasteiger partial charge in [-0.05, 0) is 24.3 Å². The van der Waals surface area contributed by atoms with Gasteiger partial charge >= 0.3 is 0 Å². The summed E-state index contributed by atoms with van der Waals surface area (Å²) in [6.07, 6.45) is 2.02. The minimum atomic E-state index is 0.596. The van der Waals surface area contributed by atoms with Crippen LogP contribution in [-0.4, -0.2) is 14.8 Å². The van der Waals surface area contributed by atoms with Gasteiger partial charge in [-0.15, -0.1) is 10.2 Å². The number of aromatic nitrogens is 3. The number of hydrogen-bond donors (Lipinski definition) is 0. The van der Waals surface area contributed by atoms with E-state index in [0.29, 0.717) is 18.3 Å². The molecule has 0 spiro atoms. The average Bonchev–Trinajstić information content (AvgIpc) is 2.86. The first-order valence-electron chi connectivity index (χ1n) is 5.26. The van der Waals surface area contributed by atoms with E-state index in [1.165, 1.54) is 5.39 Å². The van der Waals surface area contributed by atoms with Crippen molar-refractivity contribution in [1.82, 2.24) is 14.8 Å². The van der Waals surface area contributed by atoms with E-state index in [9.17, 15) is 0 Å². The number of nitrogens with zero attached hydrogens (tertiary/aromatic N) is 3. The van der Waals surface area contributed by atoms with E-state index < -0.39 is 0 Å². The molecule has 3 rings (SSSR count). The van der Waals surface area contributed by atoms with Crippen molar-refractivity contribution in [3.8, 4) is 0 Å². The monoisotopic (exact) mass is 291 g/mol. The van der Waals surface area contributed by atoms with Gasteiger partial charge in [0.25, 0.3) is 0 Å². The lowest BCUT2D eigenvalue weighted by atomic mass is 10.2. The molecule has 3 aromatic rings. The zero-order valence-corrected chi connectivity index (χ0v) is 10.8. The van der Waals surface area contributed by atoms with Crippen molar-refractivity contribution in [3.63, 3.8) is 0 Å². The van der Waals surface area contributed by atoms with Gasteiger partial charge in [0, 0.05) is 28.5 Å². The lowest BCUT2D eigenvalue weighted by Crippen LogP contribution is -1.97. The van der Waals surface area contributed by atoms with Gasteiger partial charge < -0.3 is 8.98 Å². The predicted octanol–water partition coefficient (Wildman–Crippen LogP) is 3.14. The van der Waals surface area contributed by atoms with Gasteiger partial charge in [0.05, 0.1) is 0 Å². The van der Waals surface area contributed by atoms with Crippen LogP contribution in [0.3, 0.4) is 0 Å². The highest BCUT2D eigenvalue weighted by atomic mass is 79.9. The van der Waals surface area contributed by atoms with Crippen LogP contribution in [0.2, 0.25) is 0 Å². The summed E-state index contributed by atoms with van der Waals surface area (Å²) < 4.78 is 8.55. The second kappa shape index (κ2) is 4.00. The number of benzene rings is 1. The Morgan fingerprint density at radius 2 is 2.18 bits per heavy atom. The fourth-order valence-corrected chi connectivity index (χ4v) is 2.23. The Hall–Kier alpha value is -1.62. The topological polar surface area (TPSA) is 43.9 Å². The average molecular weight is 292 g/mol. The summed E-state index contributed by atoms with van der Waals surface area (Å²) in [7, 11) is 0. The molecule has 0 saturated heterocycles. The van der Waals surface area contributed by atoms with Gasteiger partial charge in [0.15, 0.2) is 0 Å².